The van der Waals surface area contributed by atoms with Gasteiger partial charge in [0.2, 0.25) is 0 Å². The van der Waals surface area contributed by atoms with Crippen LogP contribution < -0.4 is 0 Å². The van der Waals surface area contributed by atoms with E-state index in [9.17, 15) is 14.4 Å². The number of allylic oxidation sites excluding steroid dienone is 4. The van der Waals surface area contributed by atoms with Gasteiger partial charge in [-0.25, -0.2) is 0 Å². The maximum Gasteiger partial charge on any atom is 0.189 e. The van der Waals surface area contributed by atoms with Gasteiger partial charge in [-0.1, -0.05) is 0 Å². The van der Waals surface area contributed by atoms with Crippen molar-refractivity contribution in [3.8, 4) is 0 Å². The van der Waals surface area contributed by atoms with Crippen LogP contribution in [0, 0.1) is 0 Å². The number of hydrogen-bond acceptors (Lipinski definition) is 3. The van der Waals surface area contributed by atoms with Gasteiger partial charge in [-0.2, -0.15) is 0 Å². The molecule has 0 fully saturated rings. The average Bonchev–Trinajstić information content (AvgIpc) is 1.94. The van der Waals surface area contributed by atoms with Gasteiger partial charge in [0.1, 0.15) is 0 Å². The van der Waals surface area contributed by atoms with Crippen LogP contribution in [-0.2, 0) is 14.4 Å². The van der Waals surface area contributed by atoms with Crippen LogP contribution in [-0.4, -0.2) is 22.8 Å². The smallest absolute Gasteiger partial charge is 0.189 e. The monoisotopic (exact) mass is 168 g/mol. The zero-order valence-corrected chi connectivity index (χ0v) is 6.46. The highest BCUT2D eigenvalue weighted by Gasteiger charge is 2.16. The Hall–Kier alpha value is -1.55. The molecule has 0 aromatic carbocycles. The molecule has 0 aliphatic heterocycles. The molecule has 4 heteroatoms. The van der Waals surface area contributed by atoms with Crippen molar-refractivity contribution < 1.29 is 19.9 Å². The molecule has 2 N–H and O–H groups in total. The van der Waals surface area contributed by atoms with E-state index in [2.05, 4.69) is 0 Å². The Morgan fingerprint density at radius 2 is 1.83 bits per heavy atom. The molecule has 12 heavy (non-hydrogen) atoms. The van der Waals surface area contributed by atoms with Crippen LogP contribution in [0.15, 0.2) is 23.8 Å². The third-order valence-corrected chi connectivity index (χ3v) is 1.33. The maximum atomic E-state index is 10.9. The lowest BCUT2D eigenvalue weighted by molar-refractivity contribution is -0.119. The number of carbonyl (C=O) groups excluding carboxylic acids is 3. The fourth-order valence-electron chi connectivity index (χ4n) is 0.784. The molecule has 0 saturated heterocycles. The van der Waals surface area contributed by atoms with Gasteiger partial charge in [0, 0.05) is 6.08 Å². The van der Waals surface area contributed by atoms with E-state index >= 15 is 0 Å². The molecule has 1 aliphatic rings. The second-order valence-corrected chi connectivity index (χ2v) is 2.21. The molecule has 0 heterocycles. The van der Waals surface area contributed by atoms with E-state index in [4.69, 9.17) is 0 Å². The lowest BCUT2D eigenvalue weighted by Crippen LogP contribution is -2.13. The van der Waals surface area contributed by atoms with Gasteiger partial charge in [0.15, 0.2) is 17.3 Å². The highest BCUT2D eigenvalue weighted by molar-refractivity contribution is 6.30. The minimum atomic E-state index is -0.392. The van der Waals surface area contributed by atoms with E-state index in [1.165, 1.54) is 6.92 Å². The van der Waals surface area contributed by atoms with Crippen molar-refractivity contribution in [2.75, 3.05) is 0 Å². The molecule has 0 amide bonds. The van der Waals surface area contributed by atoms with Crippen molar-refractivity contribution in [2.45, 2.75) is 6.92 Å². The minimum Gasteiger partial charge on any atom is -0.412 e. The Labute approximate surface area is 68.9 Å². The second kappa shape index (κ2) is 3.73. The third kappa shape index (κ3) is 1.96. The Morgan fingerprint density at radius 1 is 1.25 bits per heavy atom. The molecule has 0 spiro atoms. The number of carbonyl (C=O) groups is 3. The summed E-state index contributed by atoms with van der Waals surface area (Å²) in [6, 6.07) is 0. The first-order valence-corrected chi connectivity index (χ1v) is 3.10. The summed E-state index contributed by atoms with van der Waals surface area (Å²) >= 11 is 0. The molecule has 0 radical (unpaired) electrons. The van der Waals surface area contributed by atoms with Crippen molar-refractivity contribution in [3.63, 3.8) is 0 Å². The average molecular weight is 168 g/mol. The summed E-state index contributed by atoms with van der Waals surface area (Å²) in [4.78, 5) is 32.2. The summed E-state index contributed by atoms with van der Waals surface area (Å²) in [7, 11) is 0. The van der Waals surface area contributed by atoms with Crippen molar-refractivity contribution in [1.82, 2.24) is 0 Å². The Morgan fingerprint density at radius 3 is 2.25 bits per heavy atom. The summed E-state index contributed by atoms with van der Waals surface area (Å²) in [6.45, 7) is 1.26. The zero-order chi connectivity index (χ0) is 8.43. The fraction of sp³-hybridized carbons (Fsp3) is 0.125. The molecule has 1 aliphatic carbocycles. The molecule has 4 nitrogen and oxygen atoms in total. The van der Waals surface area contributed by atoms with Gasteiger partial charge in [0.25, 0.3) is 0 Å². The van der Waals surface area contributed by atoms with Gasteiger partial charge in [-0.3, -0.25) is 14.4 Å². The summed E-state index contributed by atoms with van der Waals surface area (Å²) in [5.74, 6) is -1.07. The summed E-state index contributed by atoms with van der Waals surface area (Å²) in [5, 5.41) is 0. The van der Waals surface area contributed by atoms with Crippen LogP contribution in [0.25, 0.3) is 0 Å². The highest BCUT2D eigenvalue weighted by atomic mass is 16.2. The van der Waals surface area contributed by atoms with E-state index in [1.807, 2.05) is 0 Å². The summed E-state index contributed by atoms with van der Waals surface area (Å²) in [5.41, 5.74) is -0.0301. The Bertz CT molecular complexity index is 296. The van der Waals surface area contributed by atoms with Crippen LogP contribution >= 0.6 is 0 Å². The molecule has 0 saturated carbocycles. The minimum absolute atomic E-state index is 0. The first kappa shape index (κ1) is 10.4. The van der Waals surface area contributed by atoms with E-state index in [0.29, 0.717) is 0 Å². The maximum absolute atomic E-state index is 10.9. The van der Waals surface area contributed by atoms with Crippen LogP contribution in [0.1, 0.15) is 6.92 Å². The molecule has 0 aromatic rings. The SMILES string of the molecule is CC(=O)C1=CC(=O)C=CC1=O.O. The topological polar surface area (TPSA) is 82.7 Å². The number of hydrogen-bond donors (Lipinski definition) is 0. The molecule has 1 rings (SSSR count). The van der Waals surface area contributed by atoms with Crippen LogP contribution in [0.3, 0.4) is 0 Å². The van der Waals surface area contributed by atoms with Gasteiger partial charge in [0.05, 0.1) is 5.57 Å². The lowest BCUT2D eigenvalue weighted by atomic mass is 10.0. The molecule has 0 atom stereocenters. The number of rotatable bonds is 1. The molecular weight excluding hydrogens is 160 g/mol. The largest absolute Gasteiger partial charge is 0.412 e. The number of Topliss-reactive ketones (excluding diaryl/α,β-unsaturated/α-hetero) is 1. The second-order valence-electron chi connectivity index (χ2n) is 2.21. The van der Waals surface area contributed by atoms with Crippen molar-refractivity contribution in [1.29, 1.82) is 0 Å². The Balaban J connectivity index is 0.00000121. The molecular formula is C8H8O4. The molecule has 0 unspecified atom stereocenters. The predicted octanol–water partition coefficient (Wildman–Crippen LogP) is -0.615. The highest BCUT2D eigenvalue weighted by Crippen LogP contribution is 2.05. The van der Waals surface area contributed by atoms with Gasteiger partial charge < -0.3 is 5.48 Å². The normalized spacial score (nSPS) is 15.2. The van der Waals surface area contributed by atoms with E-state index in [-0.39, 0.29) is 22.6 Å². The first-order chi connectivity index (χ1) is 5.11. The molecule has 64 valence electrons. The Kier molecular flexibility index (Phi) is 3.25. The fourth-order valence-corrected chi connectivity index (χ4v) is 0.784. The van der Waals surface area contributed by atoms with Crippen LogP contribution in [0.5, 0.6) is 0 Å². The van der Waals surface area contributed by atoms with Gasteiger partial charge in [-0.15, -0.1) is 0 Å². The van der Waals surface area contributed by atoms with E-state index < -0.39 is 5.78 Å². The zero-order valence-electron chi connectivity index (χ0n) is 6.46. The molecule has 0 aromatic heterocycles. The standard InChI is InChI=1S/C8H6O3.H2O/c1-5(9)7-4-6(10)2-3-8(7)11;/h2-4H,1H3;1H2. The lowest BCUT2D eigenvalue weighted by Gasteiger charge is -2.00. The molecule has 0 bridgehead atoms. The first-order valence-electron chi connectivity index (χ1n) is 3.10. The van der Waals surface area contributed by atoms with Crippen molar-refractivity contribution in [2.24, 2.45) is 0 Å². The summed E-state index contributed by atoms with van der Waals surface area (Å²) in [6.07, 6.45) is 3.32. The van der Waals surface area contributed by atoms with E-state index in [1.54, 1.807) is 0 Å². The van der Waals surface area contributed by atoms with Crippen LogP contribution in [0.4, 0.5) is 0 Å². The van der Waals surface area contributed by atoms with Crippen molar-refractivity contribution >= 4 is 17.3 Å². The quantitative estimate of drug-likeness (QED) is 0.386. The van der Waals surface area contributed by atoms with E-state index in [0.717, 1.165) is 18.2 Å². The van der Waals surface area contributed by atoms with Crippen molar-refractivity contribution in [3.05, 3.63) is 23.8 Å². The van der Waals surface area contributed by atoms with Gasteiger partial charge >= 0.3 is 0 Å². The summed E-state index contributed by atoms with van der Waals surface area (Å²) < 4.78 is 0. The number of ketones is 3. The van der Waals surface area contributed by atoms with Crippen LogP contribution in [0.2, 0.25) is 0 Å². The third-order valence-electron chi connectivity index (χ3n) is 1.33. The predicted molar refractivity (Wildman–Crippen MR) is 41.5 cm³/mol. The van der Waals surface area contributed by atoms with Gasteiger partial charge in [-0.05, 0) is 19.1 Å².